The molecule has 0 heterocycles. The Balaban J connectivity index is 2.72. The summed E-state index contributed by atoms with van der Waals surface area (Å²) in [5.74, 6) is -0.0592. The smallest absolute Gasteiger partial charge is 0.251 e. The van der Waals surface area contributed by atoms with E-state index in [1.807, 2.05) is 38.9 Å². The van der Waals surface area contributed by atoms with Gasteiger partial charge in [-0.25, -0.2) is 0 Å². The Bertz CT molecular complexity index is 413. The molecule has 0 spiro atoms. The average molecular weight is 235 g/mol. The fourth-order valence-corrected chi connectivity index (χ4v) is 1.60. The summed E-state index contributed by atoms with van der Waals surface area (Å²) in [6.07, 6.45) is 0. The van der Waals surface area contributed by atoms with Crippen molar-refractivity contribution in [3.63, 3.8) is 0 Å². The number of aryl methyl sites for hydroxylation is 2. The highest BCUT2D eigenvalue weighted by Crippen LogP contribution is 2.17. The van der Waals surface area contributed by atoms with Gasteiger partial charge in [-0.3, -0.25) is 4.79 Å². The van der Waals surface area contributed by atoms with E-state index in [9.17, 15) is 4.79 Å². The number of carbonyl (C=O) groups excluding carboxylic acids is 1. The van der Waals surface area contributed by atoms with Crippen molar-refractivity contribution >= 4 is 11.6 Å². The number of hydrogen-bond acceptors (Lipinski definition) is 3. The zero-order chi connectivity index (χ0) is 13.0. The van der Waals surface area contributed by atoms with E-state index in [-0.39, 0.29) is 5.91 Å². The lowest BCUT2D eigenvalue weighted by molar-refractivity contribution is 0.0950. The summed E-state index contributed by atoms with van der Waals surface area (Å²) in [5, 5.41) is 2.88. The topological polar surface area (TPSA) is 58.4 Å². The lowest BCUT2D eigenvalue weighted by Crippen LogP contribution is -2.31. The van der Waals surface area contributed by atoms with Gasteiger partial charge in [-0.2, -0.15) is 0 Å². The van der Waals surface area contributed by atoms with E-state index in [4.69, 9.17) is 5.73 Å². The van der Waals surface area contributed by atoms with E-state index in [1.54, 1.807) is 6.07 Å². The molecule has 0 unspecified atom stereocenters. The Morgan fingerprint density at radius 1 is 1.29 bits per heavy atom. The first-order chi connectivity index (χ1) is 7.91. The second-order valence-corrected chi connectivity index (χ2v) is 4.58. The number of likely N-dealkylation sites (N-methyl/N-ethyl adjacent to an activating group) is 1. The number of nitrogens with zero attached hydrogens (tertiary/aromatic N) is 1. The monoisotopic (exact) mass is 235 g/mol. The summed E-state index contributed by atoms with van der Waals surface area (Å²) < 4.78 is 0. The van der Waals surface area contributed by atoms with Crippen LogP contribution in [0.15, 0.2) is 12.1 Å². The normalized spacial score (nSPS) is 10.6. The minimum Gasteiger partial charge on any atom is -0.398 e. The summed E-state index contributed by atoms with van der Waals surface area (Å²) in [4.78, 5) is 13.9. The van der Waals surface area contributed by atoms with Gasteiger partial charge in [0.05, 0.1) is 0 Å². The van der Waals surface area contributed by atoms with Crippen molar-refractivity contribution in [2.45, 2.75) is 13.8 Å². The molecule has 3 N–H and O–H groups in total. The molecule has 0 bridgehead atoms. The predicted octanol–water partition coefficient (Wildman–Crippen LogP) is 1.18. The third-order valence-corrected chi connectivity index (χ3v) is 2.70. The summed E-state index contributed by atoms with van der Waals surface area (Å²) in [7, 11) is 3.95. The number of amides is 1. The van der Waals surface area contributed by atoms with Crippen LogP contribution in [-0.2, 0) is 0 Å². The third kappa shape index (κ3) is 3.75. The molecule has 4 heteroatoms. The van der Waals surface area contributed by atoms with Gasteiger partial charge in [0.2, 0.25) is 0 Å². The molecule has 0 aliphatic heterocycles. The van der Waals surface area contributed by atoms with E-state index < -0.39 is 0 Å². The molecule has 94 valence electrons. The molecule has 0 radical (unpaired) electrons. The van der Waals surface area contributed by atoms with Crippen LogP contribution in [0.5, 0.6) is 0 Å². The van der Waals surface area contributed by atoms with Crippen LogP contribution < -0.4 is 11.1 Å². The van der Waals surface area contributed by atoms with Crippen LogP contribution in [0.2, 0.25) is 0 Å². The number of anilines is 1. The molecule has 0 aliphatic rings. The first kappa shape index (κ1) is 13.5. The number of hydrogen-bond donors (Lipinski definition) is 2. The fraction of sp³-hybridized carbons (Fsp3) is 0.462. The van der Waals surface area contributed by atoms with Gasteiger partial charge in [0.15, 0.2) is 0 Å². The van der Waals surface area contributed by atoms with Gasteiger partial charge in [-0.1, -0.05) is 6.07 Å². The molecule has 1 rings (SSSR count). The largest absolute Gasteiger partial charge is 0.398 e. The number of carbonyl (C=O) groups is 1. The van der Waals surface area contributed by atoms with E-state index in [1.165, 1.54) is 0 Å². The van der Waals surface area contributed by atoms with E-state index in [2.05, 4.69) is 5.32 Å². The molecule has 0 atom stereocenters. The Hall–Kier alpha value is -1.55. The standard InChI is InChI=1S/C13H21N3O/c1-9-7-10(2)12(14)8-11(9)13(17)15-5-6-16(3)4/h7-8H,5-6,14H2,1-4H3,(H,15,17). The molecular formula is C13H21N3O. The molecule has 0 aromatic heterocycles. The zero-order valence-electron chi connectivity index (χ0n) is 11.0. The summed E-state index contributed by atoms with van der Waals surface area (Å²) in [6.45, 7) is 5.33. The quantitative estimate of drug-likeness (QED) is 0.770. The van der Waals surface area contributed by atoms with Crippen molar-refractivity contribution < 1.29 is 4.79 Å². The van der Waals surface area contributed by atoms with E-state index in [0.717, 1.165) is 17.7 Å². The number of rotatable bonds is 4. The van der Waals surface area contributed by atoms with Crippen LogP contribution in [-0.4, -0.2) is 38.0 Å². The van der Waals surface area contributed by atoms with Gasteiger partial charge in [-0.15, -0.1) is 0 Å². The van der Waals surface area contributed by atoms with Crippen molar-refractivity contribution in [1.29, 1.82) is 0 Å². The van der Waals surface area contributed by atoms with Gasteiger partial charge in [0, 0.05) is 24.3 Å². The van der Waals surface area contributed by atoms with Crippen molar-refractivity contribution in [2.75, 3.05) is 32.9 Å². The average Bonchev–Trinajstić information content (AvgIpc) is 2.22. The fourth-order valence-electron chi connectivity index (χ4n) is 1.60. The second-order valence-electron chi connectivity index (χ2n) is 4.58. The second kappa shape index (κ2) is 5.68. The first-order valence-electron chi connectivity index (χ1n) is 5.71. The van der Waals surface area contributed by atoms with Crippen LogP contribution in [0, 0.1) is 13.8 Å². The van der Waals surface area contributed by atoms with Gasteiger partial charge < -0.3 is 16.0 Å². The lowest BCUT2D eigenvalue weighted by Gasteiger charge is -2.12. The van der Waals surface area contributed by atoms with Crippen LogP contribution in [0.3, 0.4) is 0 Å². The predicted molar refractivity (Wildman–Crippen MR) is 71.2 cm³/mol. The summed E-state index contributed by atoms with van der Waals surface area (Å²) in [6, 6.07) is 3.69. The van der Waals surface area contributed by atoms with E-state index in [0.29, 0.717) is 17.8 Å². The minimum atomic E-state index is -0.0592. The molecule has 4 nitrogen and oxygen atoms in total. The molecule has 0 saturated heterocycles. The molecule has 17 heavy (non-hydrogen) atoms. The van der Waals surface area contributed by atoms with Crippen LogP contribution >= 0.6 is 0 Å². The van der Waals surface area contributed by atoms with Crippen LogP contribution in [0.25, 0.3) is 0 Å². The number of nitrogens with one attached hydrogen (secondary N) is 1. The zero-order valence-corrected chi connectivity index (χ0v) is 11.0. The van der Waals surface area contributed by atoms with Gasteiger partial charge >= 0.3 is 0 Å². The molecule has 1 aromatic rings. The van der Waals surface area contributed by atoms with Gasteiger partial charge in [0.1, 0.15) is 0 Å². The van der Waals surface area contributed by atoms with Crippen molar-refractivity contribution in [2.24, 2.45) is 0 Å². The van der Waals surface area contributed by atoms with Crippen LogP contribution in [0.4, 0.5) is 5.69 Å². The number of benzene rings is 1. The van der Waals surface area contributed by atoms with Crippen molar-refractivity contribution in [3.05, 3.63) is 28.8 Å². The lowest BCUT2D eigenvalue weighted by atomic mass is 10.0. The van der Waals surface area contributed by atoms with E-state index >= 15 is 0 Å². The minimum absolute atomic E-state index is 0.0592. The van der Waals surface area contributed by atoms with Gasteiger partial charge in [0.25, 0.3) is 5.91 Å². The Morgan fingerprint density at radius 3 is 2.53 bits per heavy atom. The Kier molecular flexibility index (Phi) is 4.52. The van der Waals surface area contributed by atoms with Crippen LogP contribution in [0.1, 0.15) is 21.5 Å². The molecule has 1 amide bonds. The number of nitrogen functional groups attached to an aromatic ring is 1. The SMILES string of the molecule is Cc1cc(C)c(C(=O)NCCN(C)C)cc1N. The maximum Gasteiger partial charge on any atom is 0.251 e. The molecule has 1 aromatic carbocycles. The first-order valence-corrected chi connectivity index (χ1v) is 5.71. The summed E-state index contributed by atoms with van der Waals surface area (Å²) in [5.41, 5.74) is 9.10. The maximum atomic E-state index is 11.9. The molecule has 0 saturated carbocycles. The Labute approximate surface area is 103 Å². The van der Waals surface area contributed by atoms with Gasteiger partial charge in [-0.05, 0) is 45.1 Å². The molecule has 0 aliphatic carbocycles. The third-order valence-electron chi connectivity index (χ3n) is 2.70. The maximum absolute atomic E-state index is 11.9. The Morgan fingerprint density at radius 2 is 1.94 bits per heavy atom. The highest BCUT2D eigenvalue weighted by Gasteiger charge is 2.10. The van der Waals surface area contributed by atoms with Crippen molar-refractivity contribution in [3.8, 4) is 0 Å². The summed E-state index contributed by atoms with van der Waals surface area (Å²) >= 11 is 0. The highest BCUT2D eigenvalue weighted by atomic mass is 16.1. The molecule has 0 fully saturated rings. The number of nitrogens with two attached hydrogens (primary N) is 1. The highest BCUT2D eigenvalue weighted by molar-refractivity contribution is 5.96. The van der Waals surface area contributed by atoms with Crippen molar-refractivity contribution in [1.82, 2.24) is 10.2 Å². The molecular weight excluding hydrogens is 214 g/mol.